The highest BCUT2D eigenvalue weighted by Gasteiger charge is 2.40. The van der Waals surface area contributed by atoms with E-state index in [-0.39, 0.29) is 11.3 Å². The van der Waals surface area contributed by atoms with Crippen LogP contribution in [0.25, 0.3) is 0 Å². The fraction of sp³-hybridized carbons (Fsp3) is 0.545. The molecule has 1 saturated heterocycles. The first-order valence-corrected chi connectivity index (χ1v) is 5.60. The summed E-state index contributed by atoms with van der Waals surface area (Å²) < 4.78 is 0. The Morgan fingerprint density at radius 1 is 1.59 bits per heavy atom. The fourth-order valence-electron chi connectivity index (χ4n) is 2.18. The maximum absolute atomic E-state index is 11.8. The molecule has 1 fully saturated rings. The number of hydrogen-bond acceptors (Lipinski definition) is 5. The molecule has 0 bridgehead atoms. The van der Waals surface area contributed by atoms with Crippen LogP contribution >= 0.6 is 0 Å². The summed E-state index contributed by atoms with van der Waals surface area (Å²) in [6.45, 7) is 3.43. The van der Waals surface area contributed by atoms with E-state index < -0.39 is 0 Å². The average Bonchev–Trinajstić information content (AvgIpc) is 2.72. The van der Waals surface area contributed by atoms with Crippen molar-refractivity contribution in [2.24, 2.45) is 5.41 Å². The minimum absolute atomic E-state index is 0.0713. The molecule has 2 rings (SSSR count). The third kappa shape index (κ3) is 2.15. The Bertz CT molecular complexity index is 436. The Morgan fingerprint density at radius 2 is 2.35 bits per heavy atom. The lowest BCUT2D eigenvalue weighted by Crippen LogP contribution is -2.39. The first kappa shape index (κ1) is 11.6. The molecular formula is C11H17N5O. The third-order valence-electron chi connectivity index (χ3n) is 3.25. The maximum atomic E-state index is 11.8. The number of anilines is 2. The summed E-state index contributed by atoms with van der Waals surface area (Å²) in [5.74, 6) is 1.30. The second kappa shape index (κ2) is 4.20. The van der Waals surface area contributed by atoms with Crippen molar-refractivity contribution in [1.82, 2.24) is 15.3 Å². The zero-order chi connectivity index (χ0) is 12.5. The van der Waals surface area contributed by atoms with E-state index in [0.29, 0.717) is 12.4 Å². The molecule has 3 N–H and O–H groups in total. The molecule has 1 aromatic heterocycles. The first-order valence-electron chi connectivity index (χ1n) is 5.60. The summed E-state index contributed by atoms with van der Waals surface area (Å²) in [6.07, 6.45) is 2.26. The first-order chi connectivity index (χ1) is 8.05. The van der Waals surface area contributed by atoms with Crippen LogP contribution in [0.3, 0.4) is 0 Å². The minimum Gasteiger partial charge on any atom is -0.384 e. The van der Waals surface area contributed by atoms with Gasteiger partial charge in [-0.3, -0.25) is 4.79 Å². The molecule has 17 heavy (non-hydrogen) atoms. The van der Waals surface area contributed by atoms with Crippen LogP contribution in [0.2, 0.25) is 0 Å². The van der Waals surface area contributed by atoms with E-state index in [1.165, 1.54) is 6.33 Å². The lowest BCUT2D eigenvalue weighted by atomic mass is 9.89. The highest BCUT2D eigenvalue weighted by atomic mass is 16.2. The van der Waals surface area contributed by atoms with Crippen molar-refractivity contribution in [3.8, 4) is 0 Å². The van der Waals surface area contributed by atoms with Crippen molar-refractivity contribution in [2.75, 3.05) is 30.8 Å². The number of aromatic nitrogens is 2. The maximum Gasteiger partial charge on any atom is 0.227 e. The van der Waals surface area contributed by atoms with Crippen LogP contribution in [-0.2, 0) is 4.79 Å². The van der Waals surface area contributed by atoms with E-state index in [2.05, 4.69) is 20.2 Å². The largest absolute Gasteiger partial charge is 0.384 e. The summed E-state index contributed by atoms with van der Waals surface area (Å²) in [7, 11) is 1.67. The van der Waals surface area contributed by atoms with Crippen LogP contribution in [0.1, 0.15) is 13.3 Å². The van der Waals surface area contributed by atoms with Gasteiger partial charge in [-0.15, -0.1) is 0 Å². The van der Waals surface area contributed by atoms with Crippen LogP contribution in [-0.4, -0.2) is 36.0 Å². The normalized spacial score (nSPS) is 23.8. The molecule has 0 aromatic carbocycles. The Morgan fingerprint density at radius 3 is 3.00 bits per heavy atom. The van der Waals surface area contributed by atoms with E-state index in [1.807, 2.05) is 6.92 Å². The van der Waals surface area contributed by atoms with Crippen molar-refractivity contribution in [3.05, 3.63) is 12.4 Å². The van der Waals surface area contributed by atoms with Crippen molar-refractivity contribution in [1.29, 1.82) is 0 Å². The molecule has 1 amide bonds. The predicted octanol–water partition coefficient (Wildman–Crippen LogP) is 0.0212. The van der Waals surface area contributed by atoms with Crippen molar-refractivity contribution < 1.29 is 4.79 Å². The molecule has 0 radical (unpaired) electrons. The van der Waals surface area contributed by atoms with Gasteiger partial charge in [-0.1, -0.05) is 0 Å². The Balaban J connectivity index is 2.15. The van der Waals surface area contributed by atoms with Crippen molar-refractivity contribution in [2.45, 2.75) is 13.3 Å². The van der Waals surface area contributed by atoms with Gasteiger partial charge in [0, 0.05) is 26.2 Å². The minimum atomic E-state index is -0.353. The summed E-state index contributed by atoms with van der Waals surface area (Å²) in [5, 5.41) is 2.71. The number of nitrogen functional groups attached to an aromatic ring is 1. The molecule has 1 aliphatic heterocycles. The van der Waals surface area contributed by atoms with E-state index in [9.17, 15) is 4.79 Å². The highest BCUT2D eigenvalue weighted by molar-refractivity contribution is 5.83. The van der Waals surface area contributed by atoms with Gasteiger partial charge in [0.2, 0.25) is 5.91 Å². The molecular weight excluding hydrogens is 218 g/mol. The van der Waals surface area contributed by atoms with Crippen LogP contribution in [0.4, 0.5) is 11.6 Å². The van der Waals surface area contributed by atoms with Crippen molar-refractivity contribution in [3.63, 3.8) is 0 Å². The summed E-state index contributed by atoms with van der Waals surface area (Å²) in [5.41, 5.74) is 5.27. The van der Waals surface area contributed by atoms with Gasteiger partial charge >= 0.3 is 0 Å². The molecule has 6 heteroatoms. The molecule has 1 atom stereocenters. The smallest absolute Gasteiger partial charge is 0.227 e. The van der Waals surface area contributed by atoms with Gasteiger partial charge in [0.15, 0.2) is 0 Å². The zero-order valence-corrected chi connectivity index (χ0v) is 10.1. The summed E-state index contributed by atoms with van der Waals surface area (Å²) in [4.78, 5) is 21.9. The van der Waals surface area contributed by atoms with Gasteiger partial charge < -0.3 is 16.0 Å². The number of rotatable bonds is 2. The van der Waals surface area contributed by atoms with Crippen LogP contribution < -0.4 is 16.0 Å². The van der Waals surface area contributed by atoms with E-state index >= 15 is 0 Å². The molecule has 2 heterocycles. The van der Waals surface area contributed by atoms with Gasteiger partial charge in [0.25, 0.3) is 0 Å². The number of nitrogens with one attached hydrogen (secondary N) is 1. The predicted molar refractivity (Wildman–Crippen MR) is 65.4 cm³/mol. The summed E-state index contributed by atoms with van der Waals surface area (Å²) in [6, 6.07) is 1.73. The topological polar surface area (TPSA) is 84.1 Å². The Kier molecular flexibility index (Phi) is 2.87. The number of nitrogens with two attached hydrogens (primary N) is 1. The van der Waals surface area contributed by atoms with Crippen molar-refractivity contribution >= 4 is 17.5 Å². The van der Waals surface area contributed by atoms with Gasteiger partial charge in [-0.05, 0) is 13.3 Å². The van der Waals surface area contributed by atoms with Crippen LogP contribution in [0, 0.1) is 5.41 Å². The molecule has 1 aromatic rings. The number of nitrogens with zero attached hydrogens (tertiary/aromatic N) is 3. The van der Waals surface area contributed by atoms with Gasteiger partial charge in [0.05, 0.1) is 5.41 Å². The third-order valence-corrected chi connectivity index (χ3v) is 3.25. The van der Waals surface area contributed by atoms with Gasteiger partial charge in [-0.2, -0.15) is 0 Å². The standard InChI is InChI=1S/C11H17N5O/c1-11(10(17)13-2)3-4-16(6-11)9-5-8(12)14-7-15-9/h5,7H,3-4,6H2,1-2H3,(H,13,17)(H2,12,14,15). The molecule has 1 unspecified atom stereocenters. The summed E-state index contributed by atoms with van der Waals surface area (Å²) >= 11 is 0. The number of carbonyl (C=O) groups excluding carboxylic acids is 1. The number of carbonyl (C=O) groups is 1. The monoisotopic (exact) mass is 235 g/mol. The molecule has 0 saturated carbocycles. The Labute approximate surface area is 100 Å². The molecule has 0 spiro atoms. The van der Waals surface area contributed by atoms with E-state index in [0.717, 1.165) is 18.8 Å². The second-order valence-electron chi connectivity index (χ2n) is 4.61. The van der Waals surface area contributed by atoms with Crippen LogP contribution in [0.15, 0.2) is 12.4 Å². The lowest BCUT2D eigenvalue weighted by Gasteiger charge is -2.23. The Hall–Kier alpha value is -1.85. The molecule has 1 aliphatic rings. The average molecular weight is 235 g/mol. The number of hydrogen-bond donors (Lipinski definition) is 2. The molecule has 0 aliphatic carbocycles. The van der Waals surface area contributed by atoms with E-state index in [1.54, 1.807) is 13.1 Å². The zero-order valence-electron chi connectivity index (χ0n) is 10.1. The van der Waals surface area contributed by atoms with Gasteiger partial charge in [-0.25, -0.2) is 9.97 Å². The highest BCUT2D eigenvalue weighted by Crippen LogP contribution is 2.32. The fourth-order valence-corrected chi connectivity index (χ4v) is 2.18. The van der Waals surface area contributed by atoms with Gasteiger partial charge in [0.1, 0.15) is 18.0 Å². The molecule has 6 nitrogen and oxygen atoms in total. The second-order valence-corrected chi connectivity index (χ2v) is 4.61. The quantitative estimate of drug-likeness (QED) is 0.755. The number of amides is 1. The van der Waals surface area contributed by atoms with Crippen LogP contribution in [0.5, 0.6) is 0 Å². The molecule has 92 valence electrons. The van der Waals surface area contributed by atoms with E-state index in [4.69, 9.17) is 5.73 Å². The lowest BCUT2D eigenvalue weighted by molar-refractivity contribution is -0.128. The SMILES string of the molecule is CNC(=O)C1(C)CCN(c2cc(N)ncn2)C1.